The molecule has 0 aliphatic rings. The van der Waals surface area contributed by atoms with Gasteiger partial charge in [0, 0.05) is 27.1 Å². The molecule has 0 fully saturated rings. The molecule has 0 bridgehead atoms. The third kappa shape index (κ3) is 2.92. The van der Waals surface area contributed by atoms with Gasteiger partial charge in [-0.15, -0.1) is 0 Å². The van der Waals surface area contributed by atoms with Gasteiger partial charge in [0.1, 0.15) is 5.84 Å². The molecule has 0 aliphatic heterocycles. The van der Waals surface area contributed by atoms with Gasteiger partial charge in [-0.1, -0.05) is 16.8 Å². The Morgan fingerprint density at radius 2 is 2.33 bits per heavy atom. The molecule has 8 nitrogen and oxygen atoms in total. The van der Waals surface area contributed by atoms with Gasteiger partial charge in [0.15, 0.2) is 5.03 Å². The van der Waals surface area contributed by atoms with Crippen LogP contribution in [0.3, 0.4) is 0 Å². The maximum atomic E-state index is 12.2. The number of nitrogens with zero attached hydrogens (tertiary/aromatic N) is 4. The molecular weight excluding hydrogens is 282 g/mol. The molecule has 10 heteroatoms. The summed E-state index contributed by atoms with van der Waals surface area (Å²) in [6, 6.07) is 0. The van der Waals surface area contributed by atoms with Crippen LogP contribution in [0.1, 0.15) is 6.42 Å². The molecule has 0 amide bonds. The summed E-state index contributed by atoms with van der Waals surface area (Å²) >= 11 is 5.79. The summed E-state index contributed by atoms with van der Waals surface area (Å²) in [5, 5.41) is 14.9. The Bertz CT molecular complexity index is 534. The molecule has 0 aromatic carbocycles. The summed E-state index contributed by atoms with van der Waals surface area (Å²) in [6.45, 7) is 0.0692. The second-order valence-electron chi connectivity index (χ2n) is 3.59. The van der Waals surface area contributed by atoms with Crippen LogP contribution < -0.4 is 5.73 Å². The number of hydrogen-bond acceptors (Lipinski definition) is 5. The van der Waals surface area contributed by atoms with E-state index >= 15 is 0 Å². The largest absolute Gasteiger partial charge is 0.409 e. The zero-order valence-corrected chi connectivity index (χ0v) is 11.5. The van der Waals surface area contributed by atoms with E-state index in [-0.39, 0.29) is 28.8 Å². The van der Waals surface area contributed by atoms with E-state index in [1.54, 1.807) is 0 Å². The summed E-state index contributed by atoms with van der Waals surface area (Å²) in [6.07, 6.45) is 1.37. The fourth-order valence-electron chi connectivity index (χ4n) is 1.28. The van der Waals surface area contributed by atoms with E-state index in [0.717, 1.165) is 4.31 Å². The number of nitrogens with two attached hydrogens (primary N) is 1. The fourth-order valence-corrected chi connectivity index (χ4v) is 3.04. The van der Waals surface area contributed by atoms with Gasteiger partial charge < -0.3 is 10.9 Å². The Balaban J connectivity index is 2.94. The normalized spacial score (nSPS) is 13.2. The van der Waals surface area contributed by atoms with Gasteiger partial charge >= 0.3 is 0 Å². The van der Waals surface area contributed by atoms with E-state index in [1.807, 2.05) is 0 Å². The van der Waals surface area contributed by atoms with E-state index in [9.17, 15) is 8.42 Å². The van der Waals surface area contributed by atoms with E-state index < -0.39 is 10.0 Å². The van der Waals surface area contributed by atoms with Gasteiger partial charge in [-0.25, -0.2) is 8.42 Å². The van der Waals surface area contributed by atoms with Crippen molar-refractivity contribution in [1.29, 1.82) is 0 Å². The number of amidine groups is 1. The zero-order valence-electron chi connectivity index (χ0n) is 9.91. The highest BCUT2D eigenvalue weighted by molar-refractivity contribution is 7.89. The van der Waals surface area contributed by atoms with Crippen LogP contribution in [0.2, 0.25) is 5.02 Å². The number of oxime groups is 1. The number of aromatic nitrogens is 2. The zero-order chi connectivity index (χ0) is 13.9. The minimum atomic E-state index is -3.75. The van der Waals surface area contributed by atoms with Gasteiger partial charge in [-0.05, 0) is 0 Å². The third-order valence-electron chi connectivity index (χ3n) is 2.31. The predicted molar refractivity (Wildman–Crippen MR) is 66.1 cm³/mol. The first-order valence-electron chi connectivity index (χ1n) is 4.91. The van der Waals surface area contributed by atoms with Crippen molar-refractivity contribution in [3.63, 3.8) is 0 Å². The van der Waals surface area contributed by atoms with E-state index in [2.05, 4.69) is 10.3 Å². The summed E-state index contributed by atoms with van der Waals surface area (Å²) in [7, 11) is -0.891. The standard InChI is InChI=1S/C8H14ClN5O3S/c1-13(4-3-7(10)12-15)18(16,17)8-6(9)5-11-14(8)2/h5,15H,3-4H2,1-2H3,(H2,10,12). The molecule has 3 N–H and O–H groups in total. The summed E-state index contributed by atoms with van der Waals surface area (Å²) in [5.74, 6) is -0.0480. The molecule has 1 rings (SSSR count). The van der Waals surface area contributed by atoms with Gasteiger partial charge in [0.2, 0.25) is 0 Å². The van der Waals surface area contributed by atoms with Crippen LogP contribution in [0.4, 0.5) is 0 Å². The number of rotatable bonds is 5. The Kier molecular flexibility index (Phi) is 4.54. The molecule has 1 aromatic heterocycles. The van der Waals surface area contributed by atoms with Gasteiger partial charge in [0.25, 0.3) is 10.0 Å². The van der Waals surface area contributed by atoms with Crippen LogP contribution >= 0.6 is 11.6 Å². The van der Waals surface area contributed by atoms with E-state index in [1.165, 1.54) is 25.0 Å². The Labute approximate surface area is 110 Å². The molecule has 0 atom stereocenters. The Morgan fingerprint density at radius 3 is 2.78 bits per heavy atom. The first kappa shape index (κ1) is 14.7. The summed E-state index contributed by atoms with van der Waals surface area (Å²) in [5.41, 5.74) is 5.28. The molecule has 1 heterocycles. The number of halogens is 1. The maximum absolute atomic E-state index is 12.2. The highest BCUT2D eigenvalue weighted by Crippen LogP contribution is 2.22. The van der Waals surface area contributed by atoms with Crippen LogP contribution in [-0.4, -0.2) is 47.1 Å². The molecule has 1 aromatic rings. The topological polar surface area (TPSA) is 114 Å². The predicted octanol–water partition coefficient (Wildman–Crippen LogP) is -0.170. The maximum Gasteiger partial charge on any atom is 0.261 e. The SMILES string of the molecule is CN(CCC(N)=NO)S(=O)(=O)c1c(Cl)cnn1C. The lowest BCUT2D eigenvalue weighted by atomic mass is 10.4. The van der Waals surface area contributed by atoms with Crippen LogP contribution in [0.15, 0.2) is 16.4 Å². The van der Waals surface area contributed by atoms with E-state index in [0.29, 0.717) is 0 Å². The molecule has 0 radical (unpaired) electrons. The number of sulfonamides is 1. The van der Waals surface area contributed by atoms with Crippen molar-refractivity contribution in [3.8, 4) is 0 Å². The first-order chi connectivity index (χ1) is 8.30. The lowest BCUT2D eigenvalue weighted by Gasteiger charge is -2.16. The van der Waals surface area contributed by atoms with Crippen molar-refractivity contribution in [2.45, 2.75) is 11.4 Å². The third-order valence-corrected chi connectivity index (χ3v) is 4.67. The smallest absolute Gasteiger partial charge is 0.261 e. The van der Waals surface area contributed by atoms with Crippen molar-refractivity contribution >= 4 is 27.5 Å². The first-order valence-corrected chi connectivity index (χ1v) is 6.72. The van der Waals surface area contributed by atoms with Crippen molar-refractivity contribution in [2.24, 2.45) is 17.9 Å². The highest BCUT2D eigenvalue weighted by Gasteiger charge is 2.27. The molecule has 0 unspecified atom stereocenters. The summed E-state index contributed by atoms with van der Waals surface area (Å²) < 4.78 is 26.6. The van der Waals surface area contributed by atoms with Crippen LogP contribution in [-0.2, 0) is 17.1 Å². The second-order valence-corrected chi connectivity index (χ2v) is 5.96. The fraction of sp³-hybridized carbons (Fsp3) is 0.500. The van der Waals surface area contributed by atoms with E-state index in [4.69, 9.17) is 22.5 Å². The van der Waals surface area contributed by atoms with Gasteiger partial charge in [0.05, 0.1) is 11.2 Å². The molecule has 102 valence electrons. The average molecular weight is 296 g/mol. The van der Waals surface area contributed by atoms with Crippen LogP contribution in [0.25, 0.3) is 0 Å². The monoisotopic (exact) mass is 295 g/mol. The molecular formula is C8H14ClN5O3S. The second kappa shape index (κ2) is 5.55. The number of hydrogen-bond donors (Lipinski definition) is 2. The highest BCUT2D eigenvalue weighted by atomic mass is 35.5. The van der Waals surface area contributed by atoms with Gasteiger partial charge in [-0.3, -0.25) is 4.68 Å². The van der Waals surface area contributed by atoms with Crippen molar-refractivity contribution in [2.75, 3.05) is 13.6 Å². The lowest BCUT2D eigenvalue weighted by molar-refractivity contribution is 0.316. The lowest BCUT2D eigenvalue weighted by Crippen LogP contribution is -2.32. The van der Waals surface area contributed by atoms with Crippen molar-refractivity contribution < 1.29 is 13.6 Å². The number of aryl methyl sites for hydroxylation is 1. The minimum absolute atomic E-state index is 0.0480. The van der Waals surface area contributed by atoms with Gasteiger partial charge in [-0.2, -0.15) is 9.40 Å². The van der Waals surface area contributed by atoms with Crippen LogP contribution in [0, 0.1) is 0 Å². The Hall–Kier alpha value is -1.32. The molecule has 0 saturated heterocycles. The quantitative estimate of drug-likeness (QED) is 0.339. The van der Waals surface area contributed by atoms with Crippen molar-refractivity contribution in [1.82, 2.24) is 14.1 Å². The molecule has 0 saturated carbocycles. The molecule has 0 spiro atoms. The van der Waals surface area contributed by atoms with Crippen molar-refractivity contribution in [3.05, 3.63) is 11.2 Å². The van der Waals surface area contributed by atoms with Crippen LogP contribution in [0.5, 0.6) is 0 Å². The molecule has 18 heavy (non-hydrogen) atoms. The average Bonchev–Trinajstić information content (AvgIpc) is 2.65. The molecule has 0 aliphatic carbocycles. The minimum Gasteiger partial charge on any atom is -0.409 e. The Morgan fingerprint density at radius 1 is 1.72 bits per heavy atom. The summed E-state index contributed by atoms with van der Waals surface area (Å²) in [4.78, 5) is 0.